The molecule has 0 spiro atoms. The van der Waals surface area contributed by atoms with Gasteiger partial charge in [0.1, 0.15) is 12.3 Å². The van der Waals surface area contributed by atoms with Crippen LogP contribution in [0.25, 0.3) is 11.5 Å². The summed E-state index contributed by atoms with van der Waals surface area (Å²) < 4.78 is 5.72. The molecule has 0 saturated heterocycles. The van der Waals surface area contributed by atoms with E-state index < -0.39 is 0 Å². The standard InChI is InChI=1S/C20H20N6O3/c1-13-3-2-4-15(24-13)18-23-12-17-19(25-18)26(8-10-29-17)16-5-6-21-11-14(16)20(28)22-7-9-27/h2-6,11-12,27H,7-10H2,1H3,(H,22,28). The van der Waals surface area contributed by atoms with Gasteiger partial charge in [0.15, 0.2) is 17.4 Å². The molecule has 3 aromatic rings. The molecule has 0 radical (unpaired) electrons. The molecule has 4 heterocycles. The number of pyridine rings is 2. The summed E-state index contributed by atoms with van der Waals surface area (Å²) in [5.74, 6) is 1.26. The van der Waals surface area contributed by atoms with Crippen molar-refractivity contribution in [1.82, 2.24) is 25.3 Å². The van der Waals surface area contributed by atoms with Crippen molar-refractivity contribution in [2.45, 2.75) is 6.92 Å². The van der Waals surface area contributed by atoms with E-state index in [0.717, 1.165) is 5.69 Å². The summed E-state index contributed by atoms with van der Waals surface area (Å²) in [5.41, 5.74) is 2.58. The Kier molecular flexibility index (Phi) is 5.30. The number of rotatable bonds is 5. The minimum absolute atomic E-state index is 0.137. The van der Waals surface area contributed by atoms with Crippen molar-refractivity contribution in [2.24, 2.45) is 0 Å². The van der Waals surface area contributed by atoms with Crippen molar-refractivity contribution in [1.29, 1.82) is 0 Å². The lowest BCUT2D eigenvalue weighted by Gasteiger charge is -2.31. The van der Waals surface area contributed by atoms with Crippen molar-refractivity contribution in [2.75, 3.05) is 31.2 Å². The molecule has 9 heteroatoms. The van der Waals surface area contributed by atoms with E-state index in [1.54, 1.807) is 18.5 Å². The summed E-state index contributed by atoms with van der Waals surface area (Å²) in [6.07, 6.45) is 4.75. The summed E-state index contributed by atoms with van der Waals surface area (Å²) in [4.78, 5) is 32.1. The third-order valence-corrected chi connectivity index (χ3v) is 4.41. The Morgan fingerprint density at radius 2 is 2.17 bits per heavy atom. The fourth-order valence-electron chi connectivity index (χ4n) is 3.10. The minimum Gasteiger partial charge on any atom is -0.486 e. The lowest BCUT2D eigenvalue weighted by Crippen LogP contribution is -2.33. The van der Waals surface area contributed by atoms with Gasteiger partial charge >= 0.3 is 0 Å². The van der Waals surface area contributed by atoms with Crippen LogP contribution in [-0.4, -0.2) is 57.3 Å². The third-order valence-electron chi connectivity index (χ3n) is 4.41. The van der Waals surface area contributed by atoms with E-state index in [4.69, 9.17) is 9.84 Å². The molecule has 1 amide bonds. The highest BCUT2D eigenvalue weighted by atomic mass is 16.5. The van der Waals surface area contributed by atoms with E-state index in [9.17, 15) is 4.79 Å². The van der Waals surface area contributed by atoms with E-state index in [-0.39, 0.29) is 19.1 Å². The lowest BCUT2D eigenvalue weighted by atomic mass is 10.2. The Bertz CT molecular complexity index is 1040. The Morgan fingerprint density at radius 3 is 3.00 bits per heavy atom. The molecule has 148 valence electrons. The predicted octanol–water partition coefficient (Wildman–Crippen LogP) is 1.49. The van der Waals surface area contributed by atoms with Crippen LogP contribution in [0.15, 0.2) is 42.9 Å². The van der Waals surface area contributed by atoms with E-state index in [1.807, 2.05) is 30.0 Å². The maximum Gasteiger partial charge on any atom is 0.255 e. The number of hydrogen-bond acceptors (Lipinski definition) is 8. The first kappa shape index (κ1) is 18.8. The second kappa shape index (κ2) is 8.19. The quantitative estimate of drug-likeness (QED) is 0.672. The monoisotopic (exact) mass is 392 g/mol. The van der Waals surface area contributed by atoms with Crippen LogP contribution in [0.5, 0.6) is 5.75 Å². The normalized spacial score (nSPS) is 12.8. The first-order chi connectivity index (χ1) is 14.2. The van der Waals surface area contributed by atoms with E-state index in [1.165, 1.54) is 6.20 Å². The van der Waals surface area contributed by atoms with Crippen LogP contribution in [0.3, 0.4) is 0 Å². The first-order valence-electron chi connectivity index (χ1n) is 9.22. The number of anilines is 2. The fraction of sp³-hybridized carbons (Fsp3) is 0.250. The molecule has 0 saturated carbocycles. The van der Waals surface area contributed by atoms with Gasteiger partial charge in [0.2, 0.25) is 0 Å². The number of amides is 1. The minimum atomic E-state index is -0.315. The number of aliphatic hydroxyl groups is 1. The average molecular weight is 392 g/mol. The number of aliphatic hydroxyl groups excluding tert-OH is 1. The van der Waals surface area contributed by atoms with E-state index in [0.29, 0.717) is 47.5 Å². The lowest BCUT2D eigenvalue weighted by molar-refractivity contribution is 0.0945. The van der Waals surface area contributed by atoms with Crippen LogP contribution in [0.1, 0.15) is 16.1 Å². The summed E-state index contributed by atoms with van der Waals surface area (Å²) in [5, 5.41) is 11.7. The molecule has 29 heavy (non-hydrogen) atoms. The molecule has 0 fully saturated rings. The van der Waals surface area contributed by atoms with Crippen molar-refractivity contribution in [3.63, 3.8) is 0 Å². The molecule has 2 N–H and O–H groups in total. The van der Waals surface area contributed by atoms with Crippen LogP contribution in [0, 0.1) is 6.92 Å². The molecular weight excluding hydrogens is 372 g/mol. The van der Waals surface area contributed by atoms with Gasteiger partial charge < -0.3 is 20.1 Å². The summed E-state index contributed by atoms with van der Waals surface area (Å²) >= 11 is 0. The van der Waals surface area contributed by atoms with Gasteiger partial charge in [0.25, 0.3) is 5.91 Å². The van der Waals surface area contributed by atoms with Crippen LogP contribution in [0.2, 0.25) is 0 Å². The predicted molar refractivity (Wildman–Crippen MR) is 106 cm³/mol. The topological polar surface area (TPSA) is 113 Å². The molecule has 3 aromatic heterocycles. The van der Waals surface area contributed by atoms with Crippen LogP contribution in [-0.2, 0) is 0 Å². The summed E-state index contributed by atoms with van der Waals surface area (Å²) in [6.45, 7) is 2.87. The van der Waals surface area contributed by atoms with Crippen molar-refractivity contribution in [3.05, 3.63) is 54.1 Å². The van der Waals surface area contributed by atoms with Crippen molar-refractivity contribution < 1.29 is 14.6 Å². The zero-order chi connectivity index (χ0) is 20.2. The van der Waals surface area contributed by atoms with Crippen LogP contribution >= 0.6 is 0 Å². The number of carbonyl (C=O) groups excluding carboxylic acids is 1. The first-order valence-corrected chi connectivity index (χ1v) is 9.22. The number of aryl methyl sites for hydroxylation is 1. The average Bonchev–Trinajstić information content (AvgIpc) is 2.76. The Morgan fingerprint density at radius 1 is 1.28 bits per heavy atom. The second-order valence-corrected chi connectivity index (χ2v) is 6.42. The zero-order valence-corrected chi connectivity index (χ0v) is 15.9. The molecule has 0 bridgehead atoms. The largest absolute Gasteiger partial charge is 0.486 e. The number of aromatic nitrogens is 4. The highest BCUT2D eigenvalue weighted by Gasteiger charge is 2.26. The Hall–Kier alpha value is -3.59. The summed E-state index contributed by atoms with van der Waals surface area (Å²) in [7, 11) is 0. The molecule has 1 aliphatic rings. The number of nitrogens with one attached hydrogen (secondary N) is 1. The van der Waals surface area contributed by atoms with Gasteiger partial charge in [0, 0.05) is 24.6 Å². The van der Waals surface area contributed by atoms with Gasteiger partial charge in [0.05, 0.1) is 30.6 Å². The molecule has 9 nitrogen and oxygen atoms in total. The highest BCUT2D eigenvalue weighted by Crippen LogP contribution is 2.36. The number of hydrogen-bond donors (Lipinski definition) is 2. The molecule has 0 atom stereocenters. The van der Waals surface area contributed by atoms with Gasteiger partial charge in [-0.2, -0.15) is 0 Å². The molecule has 4 rings (SSSR count). The van der Waals surface area contributed by atoms with Gasteiger partial charge in [-0.15, -0.1) is 0 Å². The SMILES string of the molecule is Cc1cccc(-c2ncc3c(n2)N(c2ccncc2C(=O)NCCO)CCO3)n1. The molecule has 1 aliphatic heterocycles. The highest BCUT2D eigenvalue weighted by molar-refractivity contribution is 6.00. The molecule has 0 aliphatic carbocycles. The fourth-order valence-corrected chi connectivity index (χ4v) is 3.10. The molecule has 0 aromatic carbocycles. The molecule has 0 unspecified atom stereocenters. The maximum atomic E-state index is 12.5. The van der Waals surface area contributed by atoms with E-state index >= 15 is 0 Å². The number of ether oxygens (including phenoxy) is 1. The Balaban J connectivity index is 1.76. The third kappa shape index (κ3) is 3.85. The zero-order valence-electron chi connectivity index (χ0n) is 15.9. The summed E-state index contributed by atoms with van der Waals surface area (Å²) in [6, 6.07) is 7.42. The second-order valence-electron chi connectivity index (χ2n) is 6.42. The van der Waals surface area contributed by atoms with Crippen molar-refractivity contribution >= 4 is 17.4 Å². The van der Waals surface area contributed by atoms with Gasteiger partial charge in [-0.05, 0) is 25.1 Å². The maximum absolute atomic E-state index is 12.5. The van der Waals surface area contributed by atoms with Gasteiger partial charge in [-0.1, -0.05) is 6.07 Å². The smallest absolute Gasteiger partial charge is 0.255 e. The number of carbonyl (C=O) groups is 1. The van der Waals surface area contributed by atoms with Crippen molar-refractivity contribution in [3.8, 4) is 17.3 Å². The van der Waals surface area contributed by atoms with Gasteiger partial charge in [-0.3, -0.25) is 9.78 Å². The van der Waals surface area contributed by atoms with E-state index in [2.05, 4.69) is 25.3 Å². The molecular formula is C20H20N6O3. The number of nitrogens with zero attached hydrogens (tertiary/aromatic N) is 5. The van der Waals surface area contributed by atoms with Crippen LogP contribution in [0.4, 0.5) is 11.5 Å². The van der Waals surface area contributed by atoms with Crippen LogP contribution < -0.4 is 15.0 Å². The Labute approximate surface area is 167 Å². The number of fused-ring (bicyclic) bond motifs is 1. The van der Waals surface area contributed by atoms with Gasteiger partial charge in [-0.25, -0.2) is 15.0 Å².